The Hall–Kier alpha value is -3.21. The van der Waals surface area contributed by atoms with Gasteiger partial charge in [-0.1, -0.05) is 0 Å². The first-order valence-corrected chi connectivity index (χ1v) is 10.8. The number of halogens is 3. The van der Waals surface area contributed by atoms with Gasteiger partial charge in [-0.3, -0.25) is 4.79 Å². The summed E-state index contributed by atoms with van der Waals surface area (Å²) in [5.74, 6) is -3.61. The molecule has 1 unspecified atom stereocenters. The molecule has 1 atom stereocenters. The van der Waals surface area contributed by atoms with Gasteiger partial charge < -0.3 is 20.7 Å². The lowest BCUT2D eigenvalue weighted by Crippen LogP contribution is -2.32. The van der Waals surface area contributed by atoms with E-state index in [9.17, 15) is 18.0 Å². The molecule has 4 N–H and O–H groups in total. The molecule has 33 heavy (non-hydrogen) atoms. The number of hydrogen-bond donors (Lipinski definition) is 4. The molecular weight excluding hydrogens is 437 g/mol. The van der Waals surface area contributed by atoms with Crippen LogP contribution in [0.2, 0.25) is 0 Å². The maximum atomic E-state index is 14.8. The number of carbonyl (C=O) groups excluding carboxylic acids is 1. The third kappa shape index (κ3) is 5.08. The van der Waals surface area contributed by atoms with Crippen LogP contribution in [0.1, 0.15) is 54.9 Å². The molecule has 0 aromatic carbocycles. The predicted octanol–water partition coefficient (Wildman–Crippen LogP) is 3.90. The standard InChI is InChI=1S/C22H25F3N6O2/c1-12(6-9-32)29-21-17-15(10-26-20(17)27-11-28-21)18(33)14-2-3-16(31-19(14)23)30-13-4-7-22(24,25)8-5-13/h2-3,10-13,32H,4-9H2,1H3,(H,30,31)(H2,26,27,28,29). The number of aromatic nitrogens is 4. The van der Waals surface area contributed by atoms with Crippen molar-refractivity contribution >= 4 is 28.5 Å². The van der Waals surface area contributed by atoms with Gasteiger partial charge in [0.05, 0.1) is 16.5 Å². The van der Waals surface area contributed by atoms with Crippen molar-refractivity contribution in [2.75, 3.05) is 17.2 Å². The number of alkyl halides is 2. The monoisotopic (exact) mass is 462 g/mol. The third-order valence-corrected chi connectivity index (χ3v) is 5.82. The maximum Gasteiger partial charge on any atom is 0.248 e. The van der Waals surface area contributed by atoms with Crippen LogP contribution in [0.15, 0.2) is 24.7 Å². The third-order valence-electron chi connectivity index (χ3n) is 5.82. The SMILES string of the molecule is CC(CCO)Nc1ncnc2[nH]cc(C(=O)c3ccc(NC4CCC(F)(F)CC4)nc3F)c12. The fourth-order valence-electron chi connectivity index (χ4n) is 3.97. The van der Waals surface area contributed by atoms with Crippen LogP contribution >= 0.6 is 0 Å². The normalized spacial score (nSPS) is 17.1. The molecular formula is C22H25F3N6O2. The van der Waals surface area contributed by atoms with Crippen LogP contribution in [-0.4, -0.2) is 55.4 Å². The second-order valence-corrected chi connectivity index (χ2v) is 8.34. The first-order valence-electron chi connectivity index (χ1n) is 10.8. The number of aromatic amines is 1. The molecule has 0 radical (unpaired) electrons. The quantitative estimate of drug-likeness (QED) is 0.296. The number of carbonyl (C=O) groups is 1. The number of aliphatic hydroxyl groups is 1. The Balaban J connectivity index is 1.56. The minimum absolute atomic E-state index is 0.0120. The molecule has 3 aromatic heterocycles. The van der Waals surface area contributed by atoms with Crippen molar-refractivity contribution in [3.8, 4) is 0 Å². The van der Waals surface area contributed by atoms with E-state index in [2.05, 4.69) is 30.6 Å². The largest absolute Gasteiger partial charge is 0.396 e. The second kappa shape index (κ2) is 9.34. The fourth-order valence-corrected chi connectivity index (χ4v) is 3.97. The van der Waals surface area contributed by atoms with Crippen molar-refractivity contribution in [1.29, 1.82) is 0 Å². The number of nitrogens with one attached hydrogen (secondary N) is 3. The van der Waals surface area contributed by atoms with Gasteiger partial charge in [-0.2, -0.15) is 4.39 Å². The van der Waals surface area contributed by atoms with Gasteiger partial charge in [0.25, 0.3) is 0 Å². The van der Waals surface area contributed by atoms with E-state index in [-0.39, 0.29) is 61.3 Å². The lowest BCUT2D eigenvalue weighted by Gasteiger charge is -2.29. The lowest BCUT2D eigenvalue weighted by atomic mass is 9.92. The summed E-state index contributed by atoms with van der Waals surface area (Å²) in [7, 11) is 0. The summed E-state index contributed by atoms with van der Waals surface area (Å²) in [4.78, 5) is 28.2. The summed E-state index contributed by atoms with van der Waals surface area (Å²) in [5.41, 5.74) is 0.364. The molecule has 0 aliphatic heterocycles. The summed E-state index contributed by atoms with van der Waals surface area (Å²) >= 11 is 0. The number of hydrogen-bond acceptors (Lipinski definition) is 7. The molecule has 1 aliphatic rings. The van der Waals surface area contributed by atoms with Gasteiger partial charge >= 0.3 is 0 Å². The highest BCUT2D eigenvalue weighted by Crippen LogP contribution is 2.34. The van der Waals surface area contributed by atoms with E-state index in [4.69, 9.17) is 5.11 Å². The Morgan fingerprint density at radius 1 is 1.27 bits per heavy atom. The van der Waals surface area contributed by atoms with Crippen LogP contribution in [0.25, 0.3) is 11.0 Å². The van der Waals surface area contributed by atoms with E-state index in [0.29, 0.717) is 23.3 Å². The summed E-state index contributed by atoms with van der Waals surface area (Å²) in [6.07, 6.45) is 3.33. The molecule has 4 rings (SSSR count). The topological polar surface area (TPSA) is 116 Å². The Bertz CT molecular complexity index is 1140. The van der Waals surface area contributed by atoms with Crippen LogP contribution < -0.4 is 10.6 Å². The first kappa shape index (κ1) is 23.0. The maximum absolute atomic E-state index is 14.8. The van der Waals surface area contributed by atoms with Crippen molar-refractivity contribution in [1.82, 2.24) is 19.9 Å². The molecule has 0 bridgehead atoms. The van der Waals surface area contributed by atoms with E-state index in [1.54, 1.807) is 0 Å². The average Bonchev–Trinajstić information content (AvgIpc) is 3.20. The predicted molar refractivity (Wildman–Crippen MR) is 117 cm³/mol. The zero-order chi connectivity index (χ0) is 23.6. The average molecular weight is 462 g/mol. The number of H-pyrrole nitrogens is 1. The minimum atomic E-state index is -2.65. The van der Waals surface area contributed by atoms with Crippen LogP contribution in [0, 0.1) is 5.95 Å². The molecule has 0 amide bonds. The molecule has 3 heterocycles. The van der Waals surface area contributed by atoms with E-state index in [1.165, 1.54) is 24.7 Å². The zero-order valence-corrected chi connectivity index (χ0v) is 18.0. The van der Waals surface area contributed by atoms with Crippen LogP contribution in [0.5, 0.6) is 0 Å². The summed E-state index contributed by atoms with van der Waals surface area (Å²) in [6.45, 7) is 1.85. The molecule has 8 nitrogen and oxygen atoms in total. The molecule has 11 heteroatoms. The number of nitrogens with zero attached hydrogens (tertiary/aromatic N) is 3. The molecule has 1 fully saturated rings. The van der Waals surface area contributed by atoms with Crippen molar-refractivity contribution < 1.29 is 23.1 Å². The van der Waals surface area contributed by atoms with E-state index >= 15 is 0 Å². The van der Waals surface area contributed by atoms with Crippen LogP contribution in [0.3, 0.4) is 0 Å². The molecule has 0 spiro atoms. The van der Waals surface area contributed by atoms with Crippen LogP contribution in [-0.2, 0) is 0 Å². The van der Waals surface area contributed by atoms with E-state index < -0.39 is 17.7 Å². The van der Waals surface area contributed by atoms with Gasteiger partial charge in [0.2, 0.25) is 11.9 Å². The number of rotatable bonds is 8. The summed E-state index contributed by atoms with van der Waals surface area (Å²) in [6, 6.07) is 2.46. The van der Waals surface area contributed by atoms with Crippen molar-refractivity contribution in [3.63, 3.8) is 0 Å². The highest BCUT2D eigenvalue weighted by molar-refractivity contribution is 6.18. The van der Waals surface area contributed by atoms with Crippen LogP contribution in [0.4, 0.5) is 24.8 Å². The summed E-state index contributed by atoms with van der Waals surface area (Å²) in [5, 5.41) is 15.7. The lowest BCUT2D eigenvalue weighted by molar-refractivity contribution is -0.0361. The molecule has 1 saturated carbocycles. The Morgan fingerprint density at radius 2 is 2.03 bits per heavy atom. The zero-order valence-electron chi connectivity index (χ0n) is 18.0. The Labute approximate surface area is 188 Å². The van der Waals surface area contributed by atoms with Crippen molar-refractivity contribution in [2.45, 2.75) is 57.0 Å². The van der Waals surface area contributed by atoms with E-state index in [0.717, 1.165) is 0 Å². The number of anilines is 2. The highest BCUT2D eigenvalue weighted by Gasteiger charge is 2.35. The second-order valence-electron chi connectivity index (χ2n) is 8.34. The number of pyridine rings is 1. The smallest absolute Gasteiger partial charge is 0.248 e. The molecule has 1 aliphatic carbocycles. The number of aliphatic hydroxyl groups excluding tert-OH is 1. The van der Waals surface area contributed by atoms with Gasteiger partial charge in [-0.05, 0) is 38.3 Å². The Kier molecular flexibility index (Phi) is 6.50. The van der Waals surface area contributed by atoms with Crippen molar-refractivity contribution in [3.05, 3.63) is 41.7 Å². The number of fused-ring (bicyclic) bond motifs is 1. The first-order chi connectivity index (χ1) is 15.8. The Morgan fingerprint density at radius 3 is 2.73 bits per heavy atom. The van der Waals surface area contributed by atoms with Gasteiger partial charge in [-0.25, -0.2) is 23.7 Å². The number of ketones is 1. The molecule has 3 aromatic rings. The molecule has 176 valence electrons. The summed E-state index contributed by atoms with van der Waals surface area (Å²) < 4.78 is 41.5. The van der Waals surface area contributed by atoms with Gasteiger partial charge in [0.1, 0.15) is 23.6 Å². The van der Waals surface area contributed by atoms with Gasteiger partial charge in [0, 0.05) is 37.7 Å². The van der Waals surface area contributed by atoms with Gasteiger partial charge in [-0.15, -0.1) is 0 Å². The molecule has 0 saturated heterocycles. The van der Waals surface area contributed by atoms with Gasteiger partial charge in [0.15, 0.2) is 5.78 Å². The van der Waals surface area contributed by atoms with Crippen molar-refractivity contribution in [2.24, 2.45) is 0 Å². The minimum Gasteiger partial charge on any atom is -0.396 e. The highest BCUT2D eigenvalue weighted by atomic mass is 19.3. The fraction of sp³-hybridized carbons (Fsp3) is 0.455. The van der Waals surface area contributed by atoms with E-state index in [1.807, 2.05) is 6.92 Å².